The first-order chi connectivity index (χ1) is 13.4. The third-order valence-corrected chi connectivity index (χ3v) is 7.85. The molecule has 2 fully saturated rings. The maximum absolute atomic E-state index is 12.9. The number of aromatic nitrogens is 1. The molecule has 0 spiro atoms. The number of nitrogens with zero attached hydrogens (tertiary/aromatic N) is 1. The Labute approximate surface area is 170 Å². The fourth-order valence-electron chi connectivity index (χ4n) is 5.40. The molecule has 0 radical (unpaired) electrons. The Balaban J connectivity index is 1.44. The first kappa shape index (κ1) is 20.3. The number of hydrogen-bond donors (Lipinski definition) is 1. The second kappa shape index (κ2) is 8.41. The molecule has 4 rings (SSSR count). The van der Waals surface area contributed by atoms with Gasteiger partial charge in [-0.2, -0.15) is 0 Å². The van der Waals surface area contributed by atoms with E-state index in [0.29, 0.717) is 12.7 Å². The number of fused-ring (bicyclic) bond motifs is 1. The van der Waals surface area contributed by atoms with Crippen LogP contribution >= 0.6 is 0 Å². The SMILES string of the molecule is Cc1ccc2n(c1=O)C(COC1CCC(C3CC3C)CC1)C(NS(C)=O)CC2. The van der Waals surface area contributed by atoms with Crippen LogP contribution in [0.15, 0.2) is 16.9 Å². The molecule has 156 valence electrons. The van der Waals surface area contributed by atoms with Crippen LogP contribution in [-0.2, 0) is 22.1 Å². The molecule has 1 N–H and O–H groups in total. The van der Waals surface area contributed by atoms with Gasteiger partial charge in [0.15, 0.2) is 0 Å². The van der Waals surface area contributed by atoms with Gasteiger partial charge in [-0.25, -0.2) is 8.93 Å². The zero-order valence-electron chi connectivity index (χ0n) is 17.4. The van der Waals surface area contributed by atoms with Crippen molar-refractivity contribution in [3.63, 3.8) is 0 Å². The van der Waals surface area contributed by atoms with E-state index < -0.39 is 11.0 Å². The van der Waals surface area contributed by atoms with Crippen molar-refractivity contribution in [3.05, 3.63) is 33.7 Å². The molecule has 5 atom stereocenters. The Kier molecular flexibility index (Phi) is 6.09. The number of aryl methyl sites for hydroxylation is 2. The minimum Gasteiger partial charge on any atom is -0.376 e. The third-order valence-electron chi connectivity index (χ3n) is 7.21. The Morgan fingerprint density at radius 3 is 2.57 bits per heavy atom. The highest BCUT2D eigenvalue weighted by Gasteiger charge is 2.41. The highest BCUT2D eigenvalue weighted by molar-refractivity contribution is 7.82. The molecule has 2 saturated carbocycles. The fourth-order valence-corrected chi connectivity index (χ4v) is 6.10. The van der Waals surface area contributed by atoms with Crippen molar-refractivity contribution >= 4 is 11.0 Å². The maximum Gasteiger partial charge on any atom is 0.254 e. The largest absolute Gasteiger partial charge is 0.376 e. The number of nitrogens with one attached hydrogen (secondary N) is 1. The lowest BCUT2D eigenvalue weighted by Crippen LogP contribution is -2.48. The van der Waals surface area contributed by atoms with Gasteiger partial charge in [-0.15, -0.1) is 0 Å². The molecular weight excluding hydrogens is 372 g/mol. The topological polar surface area (TPSA) is 60.3 Å². The van der Waals surface area contributed by atoms with Crippen molar-refractivity contribution in [2.75, 3.05) is 12.9 Å². The van der Waals surface area contributed by atoms with Gasteiger partial charge in [-0.05, 0) is 75.7 Å². The first-order valence-electron chi connectivity index (χ1n) is 10.9. The van der Waals surface area contributed by atoms with E-state index in [9.17, 15) is 9.00 Å². The van der Waals surface area contributed by atoms with Gasteiger partial charge < -0.3 is 9.30 Å². The van der Waals surface area contributed by atoms with Gasteiger partial charge in [0.1, 0.15) is 0 Å². The third kappa shape index (κ3) is 4.29. The van der Waals surface area contributed by atoms with Gasteiger partial charge in [0.25, 0.3) is 5.56 Å². The summed E-state index contributed by atoms with van der Waals surface area (Å²) in [6.45, 7) is 4.75. The van der Waals surface area contributed by atoms with Crippen LogP contribution in [0.25, 0.3) is 0 Å². The number of hydrogen-bond acceptors (Lipinski definition) is 3. The number of ether oxygens (including phenoxy) is 1. The summed E-state index contributed by atoms with van der Waals surface area (Å²) in [6.07, 6.45) is 9.90. The normalized spacial score (nSPS) is 36.0. The van der Waals surface area contributed by atoms with E-state index in [-0.39, 0.29) is 17.6 Å². The summed E-state index contributed by atoms with van der Waals surface area (Å²) in [4.78, 5) is 12.9. The van der Waals surface area contributed by atoms with Gasteiger partial charge in [0.2, 0.25) is 0 Å². The Morgan fingerprint density at radius 1 is 1.21 bits per heavy atom. The van der Waals surface area contributed by atoms with E-state index in [1.807, 2.05) is 17.6 Å². The monoisotopic (exact) mass is 406 g/mol. The van der Waals surface area contributed by atoms with Crippen molar-refractivity contribution < 1.29 is 8.95 Å². The molecule has 1 aliphatic heterocycles. The quantitative estimate of drug-likeness (QED) is 0.790. The van der Waals surface area contributed by atoms with Gasteiger partial charge >= 0.3 is 0 Å². The summed E-state index contributed by atoms with van der Waals surface area (Å²) in [5.74, 6) is 2.78. The fraction of sp³-hybridized carbons (Fsp3) is 0.773. The molecule has 0 bridgehead atoms. The molecule has 5 unspecified atom stereocenters. The number of pyridine rings is 1. The van der Waals surface area contributed by atoms with Crippen LogP contribution in [0, 0.1) is 24.7 Å². The second-order valence-electron chi connectivity index (χ2n) is 9.21. The van der Waals surface area contributed by atoms with Crippen molar-refractivity contribution in [1.82, 2.24) is 9.29 Å². The first-order valence-corrected chi connectivity index (χ1v) is 12.4. The van der Waals surface area contributed by atoms with Gasteiger partial charge in [0, 0.05) is 23.6 Å². The van der Waals surface area contributed by atoms with Crippen LogP contribution in [0.5, 0.6) is 0 Å². The molecule has 2 aliphatic carbocycles. The predicted octanol–water partition coefficient (Wildman–Crippen LogP) is 3.13. The van der Waals surface area contributed by atoms with Gasteiger partial charge in [-0.1, -0.05) is 13.0 Å². The van der Waals surface area contributed by atoms with Gasteiger partial charge in [0.05, 0.1) is 29.7 Å². The molecule has 3 aliphatic rings. The molecule has 6 heteroatoms. The smallest absolute Gasteiger partial charge is 0.254 e. The Hall–Kier alpha value is -0.980. The minimum atomic E-state index is -1.11. The summed E-state index contributed by atoms with van der Waals surface area (Å²) in [5, 5.41) is 0. The molecule has 1 aromatic heterocycles. The van der Waals surface area contributed by atoms with Crippen LogP contribution < -0.4 is 10.3 Å². The number of rotatable bonds is 6. The minimum absolute atomic E-state index is 0.00138. The van der Waals surface area contributed by atoms with Crippen LogP contribution in [0.1, 0.15) is 62.7 Å². The predicted molar refractivity (Wildman–Crippen MR) is 113 cm³/mol. The van der Waals surface area contributed by atoms with Crippen molar-refractivity contribution in [1.29, 1.82) is 0 Å². The van der Waals surface area contributed by atoms with Crippen LogP contribution in [0.3, 0.4) is 0 Å². The molecular formula is C22H34N2O3S. The van der Waals surface area contributed by atoms with Crippen LogP contribution in [0.2, 0.25) is 0 Å². The lowest BCUT2D eigenvalue weighted by atomic mass is 9.83. The second-order valence-corrected chi connectivity index (χ2v) is 10.4. The van der Waals surface area contributed by atoms with E-state index >= 15 is 0 Å². The molecule has 1 aromatic rings. The van der Waals surface area contributed by atoms with Crippen molar-refractivity contribution in [3.8, 4) is 0 Å². The Bertz CT molecular complexity index is 784. The summed E-state index contributed by atoms with van der Waals surface area (Å²) in [5.41, 5.74) is 1.88. The van der Waals surface area contributed by atoms with E-state index in [1.165, 1.54) is 19.3 Å². The van der Waals surface area contributed by atoms with E-state index in [1.54, 1.807) is 6.26 Å². The highest BCUT2D eigenvalue weighted by Crippen LogP contribution is 2.49. The van der Waals surface area contributed by atoms with Gasteiger partial charge in [-0.3, -0.25) is 4.79 Å². The summed E-state index contributed by atoms with van der Waals surface area (Å²) in [7, 11) is -1.11. The van der Waals surface area contributed by atoms with Crippen molar-refractivity contribution in [2.45, 2.75) is 77.0 Å². The molecule has 28 heavy (non-hydrogen) atoms. The average molecular weight is 407 g/mol. The standard InChI is InChI=1S/C22H34N2O3S/c1-14-4-7-17-8-11-20(23-28(3)26)21(24(17)22(14)25)13-27-18-9-5-16(6-10-18)19-12-15(19)2/h4,7,15-16,18-21,23H,5-6,8-13H2,1-3H3. The van der Waals surface area contributed by atoms with E-state index in [0.717, 1.165) is 54.7 Å². The molecule has 2 heterocycles. The van der Waals surface area contributed by atoms with Crippen molar-refractivity contribution in [2.24, 2.45) is 17.8 Å². The maximum atomic E-state index is 12.9. The summed E-state index contributed by atoms with van der Waals surface area (Å²) in [6, 6.07) is 3.88. The average Bonchev–Trinajstić information content (AvgIpc) is 3.40. The van der Waals surface area contributed by atoms with E-state index in [4.69, 9.17) is 4.74 Å². The zero-order valence-corrected chi connectivity index (χ0v) is 18.2. The molecule has 0 saturated heterocycles. The van der Waals surface area contributed by atoms with Crippen LogP contribution in [0.4, 0.5) is 0 Å². The highest BCUT2D eigenvalue weighted by atomic mass is 32.2. The molecule has 5 nitrogen and oxygen atoms in total. The Morgan fingerprint density at radius 2 is 1.93 bits per heavy atom. The van der Waals surface area contributed by atoms with E-state index in [2.05, 4.69) is 17.7 Å². The summed E-state index contributed by atoms with van der Waals surface area (Å²) >= 11 is 0. The zero-order chi connectivity index (χ0) is 19.8. The summed E-state index contributed by atoms with van der Waals surface area (Å²) < 4.78 is 23.3. The lowest BCUT2D eigenvalue weighted by Gasteiger charge is -2.37. The molecule has 0 amide bonds. The lowest BCUT2D eigenvalue weighted by molar-refractivity contribution is -0.00867. The van der Waals surface area contributed by atoms with Crippen LogP contribution in [-0.4, -0.2) is 33.8 Å². The molecule has 0 aromatic carbocycles.